The van der Waals surface area contributed by atoms with E-state index < -0.39 is 0 Å². The Bertz CT molecular complexity index is 293. The molecule has 0 saturated carbocycles. The number of rotatable bonds is 4. The van der Waals surface area contributed by atoms with Crippen molar-refractivity contribution >= 4 is 11.7 Å². The van der Waals surface area contributed by atoms with Gasteiger partial charge in [-0.2, -0.15) is 0 Å². The quantitative estimate of drug-likeness (QED) is 0.432. The second-order valence-corrected chi connectivity index (χ2v) is 4.19. The topological polar surface area (TPSA) is 49.4 Å². The van der Waals surface area contributed by atoms with Gasteiger partial charge in [0.25, 0.3) is 5.91 Å². The molecule has 1 saturated heterocycles. The lowest BCUT2D eigenvalue weighted by Gasteiger charge is -2.28. The lowest BCUT2D eigenvalue weighted by Crippen LogP contribution is -2.47. The number of nitrogens with one attached hydrogen (secondary N) is 1. The number of Topliss-reactive ketones (excluding diaryl/α,β-unsaturated/α-hetero) is 1. The summed E-state index contributed by atoms with van der Waals surface area (Å²) in [7, 11) is 0. The third-order valence-corrected chi connectivity index (χ3v) is 3.02. The van der Waals surface area contributed by atoms with Gasteiger partial charge in [0.2, 0.25) is 0 Å². The van der Waals surface area contributed by atoms with Gasteiger partial charge >= 0.3 is 0 Å². The van der Waals surface area contributed by atoms with Crippen molar-refractivity contribution in [1.82, 2.24) is 10.2 Å². The number of nitrogens with zero attached hydrogens (tertiary/aromatic N) is 1. The molecule has 1 aliphatic rings. The van der Waals surface area contributed by atoms with E-state index in [9.17, 15) is 9.59 Å². The van der Waals surface area contributed by atoms with Crippen LogP contribution in [0.2, 0.25) is 0 Å². The number of hydrogen-bond donors (Lipinski definition) is 1. The number of piperazine rings is 1. The van der Waals surface area contributed by atoms with Crippen LogP contribution in [-0.2, 0) is 9.59 Å². The van der Waals surface area contributed by atoms with Gasteiger partial charge in [0.1, 0.15) is 0 Å². The number of carbonyl (C=O) groups excluding carboxylic acids is 2. The highest BCUT2D eigenvalue weighted by atomic mass is 16.2. The molecule has 1 atom stereocenters. The molecule has 1 rings (SSSR count). The molecule has 0 radical (unpaired) electrons. The molecule has 0 aromatic heterocycles. The van der Waals surface area contributed by atoms with Crippen LogP contribution < -0.4 is 5.32 Å². The number of amides is 1. The standard InChI is InChI=1S/C12H20N2O2/c1-4-9(2)11(15)10(3)12(16)14-7-5-13-6-8-14/h9,13H,3-8H2,1-2H3. The van der Waals surface area contributed by atoms with E-state index in [0.29, 0.717) is 13.1 Å². The summed E-state index contributed by atoms with van der Waals surface area (Å²) in [5.41, 5.74) is 0.135. The molecule has 16 heavy (non-hydrogen) atoms. The maximum absolute atomic E-state index is 11.9. The summed E-state index contributed by atoms with van der Waals surface area (Å²) < 4.78 is 0. The van der Waals surface area contributed by atoms with Crippen LogP contribution in [-0.4, -0.2) is 42.8 Å². The maximum atomic E-state index is 11.9. The summed E-state index contributed by atoms with van der Waals surface area (Å²) in [4.78, 5) is 25.4. The first-order valence-corrected chi connectivity index (χ1v) is 5.81. The highest BCUT2D eigenvalue weighted by Crippen LogP contribution is 2.11. The van der Waals surface area contributed by atoms with Crippen LogP contribution in [0.4, 0.5) is 0 Å². The molecular weight excluding hydrogens is 204 g/mol. The second-order valence-electron chi connectivity index (χ2n) is 4.19. The molecule has 4 nitrogen and oxygen atoms in total. The SMILES string of the molecule is C=C(C(=O)C(C)CC)C(=O)N1CCNCC1. The highest BCUT2D eigenvalue weighted by Gasteiger charge is 2.25. The van der Waals surface area contributed by atoms with Crippen LogP contribution in [0.15, 0.2) is 12.2 Å². The summed E-state index contributed by atoms with van der Waals surface area (Å²) in [5, 5.41) is 3.16. The van der Waals surface area contributed by atoms with E-state index in [2.05, 4.69) is 11.9 Å². The molecule has 1 fully saturated rings. The lowest BCUT2D eigenvalue weighted by atomic mass is 9.97. The van der Waals surface area contributed by atoms with Crippen LogP contribution >= 0.6 is 0 Å². The predicted molar refractivity (Wildman–Crippen MR) is 63.1 cm³/mol. The van der Waals surface area contributed by atoms with E-state index in [1.807, 2.05) is 13.8 Å². The van der Waals surface area contributed by atoms with Gasteiger partial charge in [-0.25, -0.2) is 0 Å². The number of carbonyl (C=O) groups is 2. The van der Waals surface area contributed by atoms with E-state index in [0.717, 1.165) is 19.5 Å². The van der Waals surface area contributed by atoms with Crippen molar-refractivity contribution in [3.63, 3.8) is 0 Å². The van der Waals surface area contributed by atoms with Crippen molar-refractivity contribution in [1.29, 1.82) is 0 Å². The molecule has 0 spiro atoms. The molecule has 90 valence electrons. The zero-order valence-corrected chi connectivity index (χ0v) is 10.1. The summed E-state index contributed by atoms with van der Waals surface area (Å²) in [6.07, 6.45) is 0.743. The molecule has 4 heteroatoms. The van der Waals surface area contributed by atoms with Crippen LogP contribution in [0, 0.1) is 5.92 Å². The predicted octanol–water partition coefficient (Wildman–Crippen LogP) is 0.590. The van der Waals surface area contributed by atoms with Crippen molar-refractivity contribution in [3.8, 4) is 0 Å². The van der Waals surface area contributed by atoms with Crippen molar-refractivity contribution in [2.24, 2.45) is 5.92 Å². The first-order chi connectivity index (χ1) is 7.57. The molecular formula is C12H20N2O2. The number of hydrogen-bond acceptors (Lipinski definition) is 3. The van der Waals surface area contributed by atoms with Crippen molar-refractivity contribution in [2.75, 3.05) is 26.2 Å². The molecule has 1 aliphatic heterocycles. The fourth-order valence-corrected chi connectivity index (χ4v) is 1.65. The zero-order valence-electron chi connectivity index (χ0n) is 10.1. The Hall–Kier alpha value is -1.16. The average molecular weight is 224 g/mol. The van der Waals surface area contributed by atoms with E-state index in [-0.39, 0.29) is 23.2 Å². The van der Waals surface area contributed by atoms with E-state index in [1.165, 1.54) is 0 Å². The fourth-order valence-electron chi connectivity index (χ4n) is 1.65. The van der Waals surface area contributed by atoms with Gasteiger partial charge in [0.05, 0.1) is 5.57 Å². The lowest BCUT2D eigenvalue weighted by molar-refractivity contribution is -0.131. The Labute approximate surface area is 96.7 Å². The Morgan fingerprint density at radius 1 is 1.38 bits per heavy atom. The summed E-state index contributed by atoms with van der Waals surface area (Å²) >= 11 is 0. The van der Waals surface area contributed by atoms with Crippen LogP contribution in [0.25, 0.3) is 0 Å². The third kappa shape index (κ3) is 2.92. The summed E-state index contributed by atoms with van der Waals surface area (Å²) in [5.74, 6) is -0.433. The van der Waals surface area contributed by atoms with Gasteiger partial charge in [-0.1, -0.05) is 20.4 Å². The molecule has 1 N–H and O–H groups in total. The first-order valence-electron chi connectivity index (χ1n) is 5.81. The van der Waals surface area contributed by atoms with Gasteiger partial charge in [-0.3, -0.25) is 9.59 Å². The fraction of sp³-hybridized carbons (Fsp3) is 0.667. The largest absolute Gasteiger partial charge is 0.336 e. The Kier molecular flexibility index (Phi) is 4.68. The van der Waals surface area contributed by atoms with Crippen LogP contribution in [0.1, 0.15) is 20.3 Å². The smallest absolute Gasteiger partial charge is 0.256 e. The van der Waals surface area contributed by atoms with Crippen molar-refractivity contribution in [2.45, 2.75) is 20.3 Å². The van der Waals surface area contributed by atoms with Crippen LogP contribution in [0.3, 0.4) is 0 Å². The minimum absolute atomic E-state index is 0.112. The minimum Gasteiger partial charge on any atom is -0.336 e. The number of ketones is 1. The van der Waals surface area contributed by atoms with Crippen molar-refractivity contribution in [3.05, 3.63) is 12.2 Å². The summed E-state index contributed by atoms with van der Waals surface area (Å²) in [6.45, 7) is 10.3. The van der Waals surface area contributed by atoms with Gasteiger partial charge in [-0.05, 0) is 6.42 Å². The van der Waals surface area contributed by atoms with E-state index in [1.54, 1.807) is 4.90 Å². The Morgan fingerprint density at radius 2 is 1.94 bits per heavy atom. The monoisotopic (exact) mass is 224 g/mol. The van der Waals surface area contributed by atoms with Gasteiger partial charge in [0.15, 0.2) is 5.78 Å². The second kappa shape index (κ2) is 5.80. The summed E-state index contributed by atoms with van der Waals surface area (Å²) in [6, 6.07) is 0. The Morgan fingerprint density at radius 3 is 2.44 bits per heavy atom. The molecule has 1 unspecified atom stereocenters. The van der Waals surface area contributed by atoms with Crippen LogP contribution in [0.5, 0.6) is 0 Å². The molecule has 1 amide bonds. The minimum atomic E-state index is -0.202. The molecule has 0 aromatic rings. The Balaban J connectivity index is 2.59. The normalized spacial score (nSPS) is 18.0. The van der Waals surface area contributed by atoms with Gasteiger partial charge in [-0.15, -0.1) is 0 Å². The average Bonchev–Trinajstić information content (AvgIpc) is 2.36. The highest BCUT2D eigenvalue weighted by molar-refractivity contribution is 6.19. The van der Waals surface area contributed by atoms with Gasteiger partial charge < -0.3 is 10.2 Å². The van der Waals surface area contributed by atoms with E-state index >= 15 is 0 Å². The molecule has 0 aromatic carbocycles. The molecule has 1 heterocycles. The zero-order chi connectivity index (χ0) is 12.1. The van der Waals surface area contributed by atoms with Crippen molar-refractivity contribution < 1.29 is 9.59 Å². The van der Waals surface area contributed by atoms with Gasteiger partial charge in [0, 0.05) is 32.1 Å². The van der Waals surface area contributed by atoms with E-state index in [4.69, 9.17) is 0 Å². The third-order valence-electron chi connectivity index (χ3n) is 3.02. The molecule has 0 bridgehead atoms. The maximum Gasteiger partial charge on any atom is 0.256 e. The first kappa shape index (κ1) is 12.9. The molecule has 0 aliphatic carbocycles.